The smallest absolute Gasteiger partial charge is 0.0844 e. The summed E-state index contributed by atoms with van der Waals surface area (Å²) >= 11 is 0. The summed E-state index contributed by atoms with van der Waals surface area (Å²) < 4.78 is 0. The Labute approximate surface area is 90.8 Å². The van der Waals surface area contributed by atoms with Gasteiger partial charge < -0.3 is 0 Å². The highest BCUT2D eigenvalue weighted by atomic mass is 14.8. The van der Waals surface area contributed by atoms with Crippen LogP contribution >= 0.6 is 0 Å². The third-order valence-corrected chi connectivity index (χ3v) is 2.69. The maximum absolute atomic E-state index is 4.45. The van der Waals surface area contributed by atoms with E-state index in [9.17, 15) is 0 Å². The van der Waals surface area contributed by atoms with Gasteiger partial charge in [0.2, 0.25) is 0 Å². The summed E-state index contributed by atoms with van der Waals surface area (Å²) in [6.45, 7) is 4.27. The minimum absolute atomic E-state index is 0.622. The molecule has 2 heteroatoms. The molecule has 1 atom stereocenters. The van der Waals surface area contributed by atoms with Gasteiger partial charge in [-0.2, -0.15) is 0 Å². The van der Waals surface area contributed by atoms with Crippen LogP contribution < -0.4 is 0 Å². The summed E-state index contributed by atoms with van der Waals surface area (Å²) in [5, 5.41) is 0. The minimum atomic E-state index is 0.622. The SMILES string of the molecule is Cc1ccc(C2=NC=CC(C)CC2)nc1. The number of aryl methyl sites for hydroxylation is 1. The lowest BCUT2D eigenvalue weighted by molar-refractivity contribution is 0.674. The topological polar surface area (TPSA) is 25.2 Å². The average Bonchev–Trinajstić information content (AvgIpc) is 2.44. The van der Waals surface area contributed by atoms with Crippen LogP contribution in [0, 0.1) is 12.8 Å². The molecule has 0 amide bonds. The van der Waals surface area contributed by atoms with Crippen LogP contribution in [0.5, 0.6) is 0 Å². The van der Waals surface area contributed by atoms with Gasteiger partial charge in [0, 0.05) is 12.4 Å². The molecule has 1 aromatic heterocycles. The highest BCUT2D eigenvalue weighted by Gasteiger charge is 2.09. The van der Waals surface area contributed by atoms with Gasteiger partial charge in [-0.05, 0) is 37.3 Å². The molecule has 0 aliphatic carbocycles. The van der Waals surface area contributed by atoms with Crippen molar-refractivity contribution in [2.75, 3.05) is 0 Å². The molecule has 0 fully saturated rings. The Morgan fingerprint density at radius 1 is 1.33 bits per heavy atom. The molecule has 2 rings (SSSR count). The van der Waals surface area contributed by atoms with E-state index in [4.69, 9.17) is 0 Å². The fourth-order valence-electron chi connectivity index (χ4n) is 1.64. The molecule has 1 unspecified atom stereocenters. The number of nitrogens with zero attached hydrogens (tertiary/aromatic N) is 2. The quantitative estimate of drug-likeness (QED) is 0.683. The van der Waals surface area contributed by atoms with Crippen LogP contribution in [0.4, 0.5) is 0 Å². The Morgan fingerprint density at radius 3 is 2.93 bits per heavy atom. The van der Waals surface area contributed by atoms with E-state index in [1.54, 1.807) is 0 Å². The molecule has 0 aromatic carbocycles. The van der Waals surface area contributed by atoms with Crippen molar-refractivity contribution < 1.29 is 0 Å². The molecule has 0 saturated carbocycles. The number of aromatic nitrogens is 1. The van der Waals surface area contributed by atoms with Gasteiger partial charge in [0.05, 0.1) is 11.4 Å². The van der Waals surface area contributed by atoms with E-state index < -0.39 is 0 Å². The second-order valence-corrected chi connectivity index (χ2v) is 4.15. The molecular formula is C13H16N2. The molecule has 0 spiro atoms. The average molecular weight is 200 g/mol. The van der Waals surface area contributed by atoms with Crippen molar-refractivity contribution in [2.45, 2.75) is 26.7 Å². The van der Waals surface area contributed by atoms with Gasteiger partial charge in [0.1, 0.15) is 0 Å². The fourth-order valence-corrected chi connectivity index (χ4v) is 1.64. The van der Waals surface area contributed by atoms with Crippen LogP contribution in [0.3, 0.4) is 0 Å². The van der Waals surface area contributed by atoms with Crippen molar-refractivity contribution in [3.05, 3.63) is 41.9 Å². The predicted molar refractivity (Wildman–Crippen MR) is 63.0 cm³/mol. The van der Waals surface area contributed by atoms with Crippen molar-refractivity contribution in [3.8, 4) is 0 Å². The third-order valence-electron chi connectivity index (χ3n) is 2.69. The molecule has 15 heavy (non-hydrogen) atoms. The van der Waals surface area contributed by atoms with Crippen molar-refractivity contribution in [2.24, 2.45) is 10.9 Å². The van der Waals surface area contributed by atoms with Crippen molar-refractivity contribution >= 4 is 5.71 Å². The maximum atomic E-state index is 4.45. The second kappa shape index (κ2) is 4.39. The number of rotatable bonds is 1. The summed E-state index contributed by atoms with van der Waals surface area (Å²) in [5.74, 6) is 0.622. The Morgan fingerprint density at radius 2 is 2.20 bits per heavy atom. The normalized spacial score (nSPS) is 20.9. The van der Waals surface area contributed by atoms with Gasteiger partial charge >= 0.3 is 0 Å². The summed E-state index contributed by atoms with van der Waals surface area (Å²) in [6, 6.07) is 4.14. The van der Waals surface area contributed by atoms with Crippen molar-refractivity contribution in [3.63, 3.8) is 0 Å². The largest absolute Gasteiger partial charge is 0.259 e. The third kappa shape index (κ3) is 2.52. The molecule has 0 N–H and O–H groups in total. The predicted octanol–water partition coefficient (Wildman–Crippen LogP) is 3.12. The van der Waals surface area contributed by atoms with Gasteiger partial charge in [-0.15, -0.1) is 0 Å². The number of aliphatic imine (C=N–C) groups is 1. The van der Waals surface area contributed by atoms with Crippen LogP contribution in [0.25, 0.3) is 0 Å². The van der Waals surface area contributed by atoms with E-state index in [0.29, 0.717) is 5.92 Å². The molecule has 78 valence electrons. The molecule has 0 radical (unpaired) electrons. The molecule has 0 saturated heterocycles. The fraction of sp³-hybridized carbons (Fsp3) is 0.385. The van der Waals surface area contributed by atoms with Crippen LogP contribution in [0.15, 0.2) is 35.6 Å². The first-order valence-electron chi connectivity index (χ1n) is 5.42. The highest BCUT2D eigenvalue weighted by molar-refractivity contribution is 5.99. The number of hydrogen-bond acceptors (Lipinski definition) is 2. The minimum Gasteiger partial charge on any atom is -0.259 e. The standard InChI is InChI=1S/C13H16N2/c1-10-3-5-12(14-8-7-10)13-6-4-11(2)9-15-13/h4,6-10H,3,5H2,1-2H3. The first-order chi connectivity index (χ1) is 7.25. The molecule has 0 bridgehead atoms. The molecule has 1 aliphatic rings. The maximum Gasteiger partial charge on any atom is 0.0844 e. The number of hydrogen-bond donors (Lipinski definition) is 0. The summed E-state index contributed by atoms with van der Waals surface area (Å²) in [6.07, 6.45) is 8.14. The van der Waals surface area contributed by atoms with Crippen LogP contribution in [-0.4, -0.2) is 10.7 Å². The van der Waals surface area contributed by atoms with Crippen LogP contribution in [-0.2, 0) is 0 Å². The van der Waals surface area contributed by atoms with E-state index in [0.717, 1.165) is 24.2 Å². The molecule has 1 aliphatic heterocycles. The number of pyridine rings is 1. The lowest BCUT2D eigenvalue weighted by atomic mass is 10.0. The van der Waals surface area contributed by atoms with Gasteiger partial charge in [-0.25, -0.2) is 0 Å². The van der Waals surface area contributed by atoms with E-state index in [1.165, 1.54) is 5.56 Å². The van der Waals surface area contributed by atoms with Crippen molar-refractivity contribution in [1.82, 2.24) is 4.98 Å². The Hall–Kier alpha value is -1.44. The second-order valence-electron chi connectivity index (χ2n) is 4.15. The van der Waals surface area contributed by atoms with Crippen LogP contribution in [0.1, 0.15) is 31.0 Å². The Balaban J connectivity index is 2.21. The number of allylic oxidation sites excluding steroid dienone is 1. The van der Waals surface area contributed by atoms with E-state index in [1.807, 2.05) is 19.3 Å². The lowest BCUT2D eigenvalue weighted by Gasteiger charge is -2.05. The monoisotopic (exact) mass is 200 g/mol. The molecule has 2 nitrogen and oxygen atoms in total. The molecule has 1 aromatic rings. The molecular weight excluding hydrogens is 184 g/mol. The zero-order chi connectivity index (χ0) is 10.7. The summed E-state index contributed by atoms with van der Waals surface area (Å²) in [7, 11) is 0. The Kier molecular flexibility index (Phi) is 2.95. The van der Waals surface area contributed by atoms with Crippen molar-refractivity contribution in [1.29, 1.82) is 0 Å². The zero-order valence-corrected chi connectivity index (χ0v) is 9.27. The summed E-state index contributed by atoms with van der Waals surface area (Å²) in [4.78, 5) is 8.85. The lowest BCUT2D eigenvalue weighted by Crippen LogP contribution is -2.03. The van der Waals surface area contributed by atoms with E-state index in [-0.39, 0.29) is 0 Å². The first kappa shape index (κ1) is 10.1. The van der Waals surface area contributed by atoms with Crippen LogP contribution in [0.2, 0.25) is 0 Å². The van der Waals surface area contributed by atoms with E-state index >= 15 is 0 Å². The summed E-state index contributed by atoms with van der Waals surface area (Å²) in [5.41, 5.74) is 3.31. The Bertz CT molecular complexity index is 388. The van der Waals surface area contributed by atoms with Gasteiger partial charge in [-0.1, -0.05) is 19.1 Å². The van der Waals surface area contributed by atoms with E-state index in [2.05, 4.69) is 35.1 Å². The zero-order valence-electron chi connectivity index (χ0n) is 9.27. The van der Waals surface area contributed by atoms with Gasteiger partial charge in [0.25, 0.3) is 0 Å². The van der Waals surface area contributed by atoms with Gasteiger partial charge in [0.15, 0.2) is 0 Å². The van der Waals surface area contributed by atoms with Gasteiger partial charge in [-0.3, -0.25) is 9.98 Å². The molecule has 2 heterocycles. The first-order valence-corrected chi connectivity index (χ1v) is 5.42. The highest BCUT2D eigenvalue weighted by Crippen LogP contribution is 2.15.